The standard InChI is InChI=1S/C29H18ClF3N4O8S/c1-2-44-27(39)23-24(15-7-9-17(30)10-8-15)35-26(38)22(46-28(35)34-25(23)29(31,32)33)13-16-5-3-4-6-20(16)45-21-12-11-18(36(40)41)14-19(21)37(42)43/h3-14,24H,2H2,1H3/b22-13+/t24-/m0/s1. The Bertz CT molecular complexity index is 2110. The number of allylic oxidation sites excluding steroid dienone is 1. The molecule has 0 unspecified atom stereocenters. The highest BCUT2D eigenvalue weighted by Gasteiger charge is 2.45. The fraction of sp³-hybridized carbons (Fsp3) is 0.138. The average molecular weight is 675 g/mol. The fourth-order valence-corrected chi connectivity index (χ4v) is 5.72. The number of nitrogens with zero attached hydrogens (tertiary/aromatic N) is 4. The van der Waals surface area contributed by atoms with Gasteiger partial charge in [-0.05, 0) is 42.8 Å². The molecule has 0 saturated heterocycles. The second-order valence-electron chi connectivity index (χ2n) is 9.42. The molecular weight excluding hydrogens is 657 g/mol. The van der Waals surface area contributed by atoms with Gasteiger partial charge in [-0.15, -0.1) is 0 Å². The predicted molar refractivity (Wildman–Crippen MR) is 158 cm³/mol. The molecule has 12 nitrogen and oxygen atoms in total. The summed E-state index contributed by atoms with van der Waals surface area (Å²) in [6, 6.07) is 12.7. The van der Waals surface area contributed by atoms with Gasteiger partial charge in [-0.2, -0.15) is 13.2 Å². The minimum Gasteiger partial charge on any atom is -0.463 e. The number of nitro groups is 2. The Morgan fingerprint density at radius 2 is 1.76 bits per heavy atom. The third-order valence-electron chi connectivity index (χ3n) is 6.56. The number of thiazole rings is 1. The number of hydrogen-bond donors (Lipinski definition) is 0. The quantitative estimate of drug-likeness (QED) is 0.133. The van der Waals surface area contributed by atoms with Crippen molar-refractivity contribution >= 4 is 46.4 Å². The molecule has 1 aromatic heterocycles. The molecule has 0 saturated carbocycles. The number of non-ortho nitro benzene ring substituents is 1. The summed E-state index contributed by atoms with van der Waals surface area (Å²) < 4.78 is 54.5. The van der Waals surface area contributed by atoms with Crippen LogP contribution in [0.2, 0.25) is 5.02 Å². The van der Waals surface area contributed by atoms with Gasteiger partial charge in [0.15, 0.2) is 10.5 Å². The van der Waals surface area contributed by atoms with E-state index in [9.17, 15) is 43.0 Å². The van der Waals surface area contributed by atoms with Crippen LogP contribution in [0.4, 0.5) is 24.5 Å². The Kier molecular flexibility index (Phi) is 8.76. The Morgan fingerprint density at radius 3 is 2.39 bits per heavy atom. The second-order valence-corrected chi connectivity index (χ2v) is 10.9. The van der Waals surface area contributed by atoms with Crippen molar-refractivity contribution in [3.05, 3.63) is 134 Å². The van der Waals surface area contributed by atoms with Crippen molar-refractivity contribution < 1.29 is 37.3 Å². The number of carbonyl (C=O) groups is 1. The van der Waals surface area contributed by atoms with E-state index in [-0.39, 0.29) is 43.6 Å². The number of para-hydroxylation sites is 1. The van der Waals surface area contributed by atoms with Gasteiger partial charge in [0.1, 0.15) is 5.75 Å². The lowest BCUT2D eigenvalue weighted by molar-refractivity contribution is -0.394. The van der Waals surface area contributed by atoms with E-state index < -0.39 is 56.2 Å². The number of hydrogen-bond acceptors (Lipinski definition) is 10. The number of alkyl halides is 3. The lowest BCUT2D eigenvalue weighted by Crippen LogP contribution is -2.41. The van der Waals surface area contributed by atoms with Crippen LogP contribution < -0.4 is 19.6 Å². The molecule has 17 heteroatoms. The maximum absolute atomic E-state index is 14.3. The summed E-state index contributed by atoms with van der Waals surface area (Å²) in [6.45, 7) is 1.18. The van der Waals surface area contributed by atoms with E-state index in [1.807, 2.05) is 0 Å². The maximum Gasteiger partial charge on any atom is 0.434 e. The van der Waals surface area contributed by atoms with Crippen LogP contribution >= 0.6 is 22.9 Å². The monoisotopic (exact) mass is 674 g/mol. The largest absolute Gasteiger partial charge is 0.463 e. The van der Waals surface area contributed by atoms with Crippen LogP contribution in [0, 0.1) is 20.2 Å². The second kappa shape index (κ2) is 12.6. The van der Waals surface area contributed by atoms with Gasteiger partial charge in [0.05, 0.1) is 38.7 Å². The van der Waals surface area contributed by atoms with Crippen molar-refractivity contribution in [1.29, 1.82) is 0 Å². The van der Waals surface area contributed by atoms with Crippen LogP contribution in [-0.2, 0) is 9.53 Å². The molecule has 46 heavy (non-hydrogen) atoms. The SMILES string of the molecule is CCOC(=O)C1=C(C(F)(F)F)N=c2s/c(=C/c3ccccc3Oc3ccc([N+](=O)[O-])cc3[N+](=O)[O-])c(=O)n2[C@H]1c1ccc(Cl)cc1. The number of ether oxygens (including phenoxy) is 2. The smallest absolute Gasteiger partial charge is 0.434 e. The van der Waals surface area contributed by atoms with E-state index in [0.717, 1.165) is 22.8 Å². The molecule has 3 aromatic carbocycles. The Hall–Kier alpha value is -5.35. The van der Waals surface area contributed by atoms with E-state index in [4.69, 9.17) is 21.1 Å². The molecule has 0 aliphatic carbocycles. The highest BCUT2D eigenvalue weighted by atomic mass is 35.5. The Morgan fingerprint density at radius 1 is 1.07 bits per heavy atom. The van der Waals surface area contributed by atoms with Crippen molar-refractivity contribution in [2.75, 3.05) is 6.61 Å². The number of carbonyl (C=O) groups excluding carboxylic acids is 1. The predicted octanol–water partition coefficient (Wildman–Crippen LogP) is 5.60. The fourth-order valence-electron chi connectivity index (χ4n) is 4.60. The number of nitro benzene ring substituents is 2. The molecule has 0 N–H and O–H groups in total. The first kappa shape index (κ1) is 32.1. The summed E-state index contributed by atoms with van der Waals surface area (Å²) in [7, 11) is 0. The van der Waals surface area contributed by atoms with Crippen molar-refractivity contribution in [1.82, 2.24) is 4.57 Å². The topological polar surface area (TPSA) is 156 Å². The van der Waals surface area contributed by atoms with E-state index in [2.05, 4.69) is 4.99 Å². The molecule has 1 aliphatic rings. The zero-order valence-electron chi connectivity index (χ0n) is 23.2. The van der Waals surface area contributed by atoms with Gasteiger partial charge in [0.2, 0.25) is 5.75 Å². The van der Waals surface area contributed by atoms with E-state index in [0.29, 0.717) is 11.3 Å². The number of benzene rings is 3. The average Bonchev–Trinajstić information content (AvgIpc) is 3.31. The van der Waals surface area contributed by atoms with Gasteiger partial charge < -0.3 is 9.47 Å². The molecule has 0 fully saturated rings. The Balaban J connectivity index is 1.70. The molecule has 1 atom stereocenters. The minimum absolute atomic E-state index is 0.0114. The van der Waals surface area contributed by atoms with E-state index in [1.54, 1.807) is 6.07 Å². The van der Waals surface area contributed by atoms with Crippen molar-refractivity contribution in [2.24, 2.45) is 4.99 Å². The van der Waals surface area contributed by atoms with Crippen molar-refractivity contribution in [3.8, 4) is 11.5 Å². The molecule has 4 aromatic rings. The number of rotatable bonds is 8. The lowest BCUT2D eigenvalue weighted by atomic mass is 9.95. The van der Waals surface area contributed by atoms with E-state index >= 15 is 0 Å². The Labute approximate surface area is 264 Å². The van der Waals surface area contributed by atoms with Gasteiger partial charge in [0.25, 0.3) is 11.2 Å². The van der Waals surface area contributed by atoms with Crippen molar-refractivity contribution in [2.45, 2.75) is 19.1 Å². The minimum atomic E-state index is -5.10. The summed E-state index contributed by atoms with van der Waals surface area (Å²) in [6.07, 6.45) is -3.81. The highest BCUT2D eigenvalue weighted by molar-refractivity contribution is 7.07. The highest BCUT2D eigenvalue weighted by Crippen LogP contribution is 2.39. The van der Waals surface area contributed by atoms with Gasteiger partial charge in [-0.3, -0.25) is 29.6 Å². The molecule has 5 rings (SSSR count). The third kappa shape index (κ3) is 6.25. The maximum atomic E-state index is 14.3. The first-order valence-corrected chi connectivity index (χ1v) is 14.2. The third-order valence-corrected chi connectivity index (χ3v) is 7.79. The van der Waals surface area contributed by atoms with Gasteiger partial charge in [-0.1, -0.05) is 53.3 Å². The molecule has 0 amide bonds. The molecule has 0 radical (unpaired) electrons. The van der Waals surface area contributed by atoms with Crippen LogP contribution in [0.1, 0.15) is 24.1 Å². The first-order chi connectivity index (χ1) is 21.8. The number of halogens is 4. The lowest BCUT2D eigenvalue weighted by Gasteiger charge is -2.26. The first-order valence-electron chi connectivity index (χ1n) is 13.1. The molecular formula is C29H18ClF3N4O8S. The summed E-state index contributed by atoms with van der Waals surface area (Å²) in [5, 5.41) is 23.0. The van der Waals surface area contributed by atoms with Crippen LogP contribution in [0.15, 0.2) is 87.8 Å². The van der Waals surface area contributed by atoms with Crippen LogP contribution in [-0.4, -0.2) is 33.2 Å². The summed E-state index contributed by atoms with van der Waals surface area (Å²) in [4.78, 5) is 51.3. The van der Waals surface area contributed by atoms with Crippen molar-refractivity contribution in [3.63, 3.8) is 0 Å². The van der Waals surface area contributed by atoms with Crippen LogP contribution in [0.25, 0.3) is 6.08 Å². The molecule has 0 bridgehead atoms. The molecule has 236 valence electrons. The normalized spacial score (nSPS) is 14.8. The molecule has 0 spiro atoms. The zero-order valence-corrected chi connectivity index (χ0v) is 24.8. The van der Waals surface area contributed by atoms with E-state index in [1.165, 1.54) is 55.5 Å². The molecule has 1 aliphatic heterocycles. The number of fused-ring (bicyclic) bond motifs is 1. The van der Waals surface area contributed by atoms with Crippen LogP contribution in [0.5, 0.6) is 11.5 Å². The molecule has 2 heterocycles. The van der Waals surface area contributed by atoms with Gasteiger partial charge in [0, 0.05) is 16.7 Å². The zero-order chi connectivity index (χ0) is 33.3. The summed E-state index contributed by atoms with van der Waals surface area (Å²) in [5.41, 5.74) is -4.13. The summed E-state index contributed by atoms with van der Waals surface area (Å²) >= 11 is 6.61. The van der Waals surface area contributed by atoms with Gasteiger partial charge >= 0.3 is 17.8 Å². The summed E-state index contributed by atoms with van der Waals surface area (Å²) in [5.74, 6) is -1.66. The number of esters is 1. The van der Waals surface area contributed by atoms with Crippen LogP contribution in [0.3, 0.4) is 0 Å². The number of aromatic nitrogens is 1. The van der Waals surface area contributed by atoms with Gasteiger partial charge in [-0.25, -0.2) is 9.79 Å².